The van der Waals surface area contributed by atoms with Crippen LogP contribution in [-0.4, -0.2) is 18.2 Å². The molecule has 0 aliphatic rings. The maximum atomic E-state index is 11.4. The van der Waals surface area contributed by atoms with Gasteiger partial charge in [-0.1, -0.05) is 36.9 Å². The van der Waals surface area contributed by atoms with E-state index >= 15 is 0 Å². The van der Waals surface area contributed by atoms with Gasteiger partial charge >= 0.3 is 6.09 Å². The monoisotopic (exact) mass is 248 g/mol. The Balaban J connectivity index is 2.30. The highest BCUT2D eigenvalue weighted by molar-refractivity contribution is 5.68. The Kier molecular flexibility index (Phi) is 4.92. The van der Waals surface area contributed by atoms with Crippen LogP contribution >= 0.6 is 0 Å². The molecule has 0 aromatic heterocycles. The molecule has 1 aromatic rings. The third-order valence-electron chi connectivity index (χ3n) is 2.07. The van der Waals surface area contributed by atoms with Gasteiger partial charge in [0, 0.05) is 6.54 Å². The van der Waals surface area contributed by atoms with Gasteiger partial charge in [-0.3, -0.25) is 5.43 Å². The van der Waals surface area contributed by atoms with E-state index in [1.165, 1.54) is 0 Å². The van der Waals surface area contributed by atoms with Gasteiger partial charge in [-0.15, -0.1) is 0 Å². The van der Waals surface area contributed by atoms with E-state index in [-0.39, 0.29) is 0 Å². The fraction of sp³-hybridized carbons (Fsp3) is 0.357. The molecule has 1 rings (SSSR count). The average molecular weight is 248 g/mol. The zero-order valence-electron chi connectivity index (χ0n) is 11.1. The van der Waals surface area contributed by atoms with Crippen molar-refractivity contribution in [2.75, 3.05) is 6.54 Å². The molecule has 0 heterocycles. The molecule has 4 nitrogen and oxygen atoms in total. The van der Waals surface area contributed by atoms with Crippen molar-refractivity contribution in [1.29, 1.82) is 0 Å². The maximum absolute atomic E-state index is 11.4. The second-order valence-electron chi connectivity index (χ2n) is 4.95. The van der Waals surface area contributed by atoms with Gasteiger partial charge in [0.2, 0.25) is 0 Å². The smallest absolute Gasteiger partial charge is 0.422 e. The van der Waals surface area contributed by atoms with Crippen LogP contribution in [0.1, 0.15) is 26.3 Å². The molecule has 0 saturated carbocycles. The number of hydrogen-bond acceptors (Lipinski definition) is 3. The normalized spacial score (nSPS) is 10.8. The van der Waals surface area contributed by atoms with Crippen LogP contribution in [0.15, 0.2) is 36.9 Å². The van der Waals surface area contributed by atoms with E-state index in [4.69, 9.17) is 4.74 Å². The minimum atomic E-state index is -0.498. The lowest BCUT2D eigenvalue weighted by atomic mass is 10.1. The number of benzene rings is 1. The Morgan fingerprint density at radius 1 is 1.28 bits per heavy atom. The number of ether oxygens (including phenoxy) is 1. The Morgan fingerprint density at radius 2 is 1.89 bits per heavy atom. The lowest BCUT2D eigenvalue weighted by molar-refractivity contribution is 0.0502. The van der Waals surface area contributed by atoms with E-state index in [2.05, 4.69) is 17.4 Å². The fourth-order valence-corrected chi connectivity index (χ4v) is 1.30. The van der Waals surface area contributed by atoms with Crippen LogP contribution in [-0.2, 0) is 4.74 Å². The molecular weight excluding hydrogens is 228 g/mol. The third kappa shape index (κ3) is 5.50. The largest absolute Gasteiger partial charge is 0.443 e. The molecule has 0 fully saturated rings. The van der Waals surface area contributed by atoms with Crippen molar-refractivity contribution in [3.63, 3.8) is 0 Å². The van der Waals surface area contributed by atoms with Crippen molar-refractivity contribution in [2.45, 2.75) is 26.4 Å². The van der Waals surface area contributed by atoms with Crippen molar-refractivity contribution in [2.24, 2.45) is 0 Å². The third-order valence-corrected chi connectivity index (χ3v) is 2.07. The molecule has 0 aliphatic heterocycles. The summed E-state index contributed by atoms with van der Waals surface area (Å²) < 4.78 is 5.08. The standard InChI is InChI=1S/C14H20N2O2/c1-11(12-8-6-5-7-9-12)10-15-16-13(17)18-14(2,3)4/h5-9,15H,1,10H2,2-4H3,(H,16,17). The van der Waals surface area contributed by atoms with Crippen LogP contribution in [0.5, 0.6) is 0 Å². The van der Waals surface area contributed by atoms with Crippen molar-refractivity contribution in [1.82, 2.24) is 10.9 Å². The van der Waals surface area contributed by atoms with Crippen LogP contribution in [0, 0.1) is 0 Å². The van der Waals surface area contributed by atoms with Crippen molar-refractivity contribution in [3.8, 4) is 0 Å². The van der Waals surface area contributed by atoms with E-state index < -0.39 is 11.7 Å². The van der Waals surface area contributed by atoms with Gasteiger partial charge in [0.15, 0.2) is 0 Å². The molecule has 0 spiro atoms. The number of carbonyl (C=O) groups is 1. The summed E-state index contributed by atoms with van der Waals surface area (Å²) in [5, 5.41) is 0. The van der Waals surface area contributed by atoms with Gasteiger partial charge in [-0.25, -0.2) is 10.2 Å². The van der Waals surface area contributed by atoms with Crippen LogP contribution in [0.3, 0.4) is 0 Å². The Bertz CT molecular complexity index is 408. The van der Waals surface area contributed by atoms with E-state index in [1.54, 1.807) is 0 Å². The molecule has 0 unspecified atom stereocenters. The summed E-state index contributed by atoms with van der Waals surface area (Å²) in [6, 6.07) is 9.78. The molecule has 0 aliphatic carbocycles. The molecule has 98 valence electrons. The highest BCUT2D eigenvalue weighted by Gasteiger charge is 2.15. The summed E-state index contributed by atoms with van der Waals surface area (Å²) in [6.45, 7) is 9.85. The van der Waals surface area contributed by atoms with Crippen molar-refractivity contribution < 1.29 is 9.53 Å². The summed E-state index contributed by atoms with van der Waals surface area (Å²) in [5.74, 6) is 0. The first kappa shape index (κ1) is 14.3. The topological polar surface area (TPSA) is 50.4 Å². The number of amides is 1. The number of hydrazine groups is 1. The second kappa shape index (κ2) is 6.21. The zero-order chi connectivity index (χ0) is 13.6. The van der Waals surface area contributed by atoms with Crippen LogP contribution in [0.2, 0.25) is 0 Å². The molecule has 1 amide bonds. The van der Waals surface area contributed by atoms with Gasteiger partial charge in [0.1, 0.15) is 5.60 Å². The molecule has 0 radical (unpaired) electrons. The van der Waals surface area contributed by atoms with Gasteiger partial charge in [0.05, 0.1) is 0 Å². The van der Waals surface area contributed by atoms with Crippen LogP contribution in [0.4, 0.5) is 4.79 Å². The molecule has 0 saturated heterocycles. The Labute approximate surface area is 108 Å². The first-order valence-electron chi connectivity index (χ1n) is 5.83. The summed E-state index contributed by atoms with van der Waals surface area (Å²) in [4.78, 5) is 11.4. The zero-order valence-corrected chi connectivity index (χ0v) is 11.1. The minimum absolute atomic E-state index is 0.462. The minimum Gasteiger partial charge on any atom is -0.443 e. The van der Waals surface area contributed by atoms with Crippen molar-refractivity contribution in [3.05, 3.63) is 42.5 Å². The molecule has 18 heavy (non-hydrogen) atoms. The number of nitrogens with one attached hydrogen (secondary N) is 2. The maximum Gasteiger partial charge on any atom is 0.422 e. The fourth-order valence-electron chi connectivity index (χ4n) is 1.30. The quantitative estimate of drug-likeness (QED) is 0.805. The summed E-state index contributed by atoms with van der Waals surface area (Å²) in [5.41, 5.74) is 6.68. The summed E-state index contributed by atoms with van der Waals surface area (Å²) >= 11 is 0. The van der Waals surface area contributed by atoms with E-state index in [0.717, 1.165) is 11.1 Å². The van der Waals surface area contributed by atoms with Crippen LogP contribution in [0.25, 0.3) is 5.57 Å². The van der Waals surface area contributed by atoms with Gasteiger partial charge in [-0.2, -0.15) is 0 Å². The SMILES string of the molecule is C=C(CNNC(=O)OC(C)(C)C)c1ccccc1. The Morgan fingerprint density at radius 3 is 2.44 bits per heavy atom. The molecule has 0 atom stereocenters. The second-order valence-corrected chi connectivity index (χ2v) is 4.95. The first-order valence-corrected chi connectivity index (χ1v) is 5.83. The Hall–Kier alpha value is -1.81. The molecule has 4 heteroatoms. The van der Waals surface area contributed by atoms with Gasteiger partial charge < -0.3 is 4.74 Å². The highest BCUT2D eigenvalue weighted by atomic mass is 16.6. The van der Waals surface area contributed by atoms with Crippen LogP contribution < -0.4 is 10.9 Å². The average Bonchev–Trinajstić information content (AvgIpc) is 2.27. The number of carbonyl (C=O) groups excluding carboxylic acids is 1. The number of hydrogen-bond donors (Lipinski definition) is 2. The first-order chi connectivity index (χ1) is 8.38. The lowest BCUT2D eigenvalue weighted by Gasteiger charge is -2.20. The molecule has 0 bridgehead atoms. The lowest BCUT2D eigenvalue weighted by Crippen LogP contribution is -2.41. The van der Waals surface area contributed by atoms with Gasteiger partial charge in [0.25, 0.3) is 0 Å². The molecule has 2 N–H and O–H groups in total. The molecule has 1 aromatic carbocycles. The van der Waals surface area contributed by atoms with Gasteiger partial charge in [-0.05, 0) is 31.9 Å². The predicted molar refractivity (Wildman–Crippen MR) is 72.8 cm³/mol. The predicted octanol–water partition coefficient (Wildman–Crippen LogP) is 2.73. The highest BCUT2D eigenvalue weighted by Crippen LogP contribution is 2.09. The van der Waals surface area contributed by atoms with E-state index in [1.807, 2.05) is 51.1 Å². The summed E-state index contributed by atoms with van der Waals surface area (Å²) in [6.07, 6.45) is -0.497. The van der Waals surface area contributed by atoms with E-state index in [9.17, 15) is 4.79 Å². The van der Waals surface area contributed by atoms with E-state index in [0.29, 0.717) is 6.54 Å². The molecular formula is C14H20N2O2. The number of rotatable bonds is 4. The summed E-state index contributed by atoms with van der Waals surface area (Å²) in [7, 11) is 0. The van der Waals surface area contributed by atoms with Crippen molar-refractivity contribution >= 4 is 11.7 Å².